The van der Waals surface area contributed by atoms with Gasteiger partial charge < -0.3 is 9.80 Å². The Morgan fingerprint density at radius 3 is 2.12 bits per heavy atom. The number of hydrogen-bond acceptors (Lipinski definition) is 4. The van der Waals surface area contributed by atoms with Crippen molar-refractivity contribution in [1.82, 2.24) is 10.2 Å². The first-order valence-electron chi connectivity index (χ1n) is 7.83. The van der Waals surface area contributed by atoms with Crippen molar-refractivity contribution in [2.75, 3.05) is 36.0 Å². The number of rotatable bonds is 2. The van der Waals surface area contributed by atoms with Gasteiger partial charge in [0.05, 0.1) is 0 Å². The lowest BCUT2D eigenvalue weighted by Crippen LogP contribution is -2.47. The zero-order valence-corrected chi connectivity index (χ0v) is 13.6. The van der Waals surface area contributed by atoms with Crippen LogP contribution in [0.25, 0.3) is 0 Å². The first-order valence-corrected chi connectivity index (χ1v) is 7.83. The van der Waals surface area contributed by atoms with Gasteiger partial charge in [0, 0.05) is 31.9 Å². The Bertz CT molecular complexity index is 705. The summed E-state index contributed by atoms with van der Waals surface area (Å²) in [6, 6.07) is 8.75. The molecule has 0 unspecified atom stereocenters. The van der Waals surface area contributed by atoms with Gasteiger partial charge in [-0.05, 0) is 43.2 Å². The molecular formula is C17H19F3N4. The molecule has 0 amide bonds. The summed E-state index contributed by atoms with van der Waals surface area (Å²) >= 11 is 0. The number of piperazine rings is 1. The average Bonchev–Trinajstić information content (AvgIpc) is 2.57. The van der Waals surface area contributed by atoms with Crippen molar-refractivity contribution in [1.29, 1.82) is 0 Å². The highest BCUT2D eigenvalue weighted by Gasteiger charge is 2.33. The second kappa shape index (κ2) is 6.30. The van der Waals surface area contributed by atoms with Gasteiger partial charge in [-0.3, -0.25) is 0 Å². The zero-order valence-electron chi connectivity index (χ0n) is 13.6. The van der Waals surface area contributed by atoms with Crippen molar-refractivity contribution in [2.24, 2.45) is 0 Å². The third-order valence-corrected chi connectivity index (χ3v) is 4.25. The molecule has 128 valence electrons. The second-order valence-electron chi connectivity index (χ2n) is 6.04. The van der Waals surface area contributed by atoms with Crippen LogP contribution >= 0.6 is 0 Å². The molecule has 0 spiro atoms. The topological polar surface area (TPSA) is 32.3 Å². The van der Waals surface area contributed by atoms with E-state index in [9.17, 15) is 13.2 Å². The van der Waals surface area contributed by atoms with Crippen LogP contribution in [0.2, 0.25) is 0 Å². The van der Waals surface area contributed by atoms with E-state index in [1.54, 1.807) is 0 Å². The van der Waals surface area contributed by atoms with Gasteiger partial charge in [-0.25, -0.2) is 0 Å². The molecule has 2 heterocycles. The SMILES string of the molecule is Cc1ccc(C)c(N2CCN(c3ccc(C(F)(F)F)nn3)CC2)c1. The summed E-state index contributed by atoms with van der Waals surface area (Å²) in [6.45, 7) is 7.15. The molecule has 0 N–H and O–H groups in total. The summed E-state index contributed by atoms with van der Waals surface area (Å²) in [5, 5.41) is 7.03. The average molecular weight is 336 g/mol. The molecule has 0 saturated carbocycles. The predicted molar refractivity (Wildman–Crippen MR) is 87.4 cm³/mol. The highest BCUT2D eigenvalue weighted by molar-refractivity contribution is 5.56. The van der Waals surface area contributed by atoms with E-state index in [1.807, 2.05) is 4.90 Å². The molecule has 4 nitrogen and oxygen atoms in total. The van der Waals surface area contributed by atoms with Crippen LogP contribution in [0, 0.1) is 13.8 Å². The van der Waals surface area contributed by atoms with Crippen LogP contribution in [-0.2, 0) is 6.18 Å². The van der Waals surface area contributed by atoms with Gasteiger partial charge in [0.15, 0.2) is 11.5 Å². The fourth-order valence-electron chi connectivity index (χ4n) is 2.88. The van der Waals surface area contributed by atoms with Gasteiger partial charge in [-0.15, -0.1) is 10.2 Å². The highest BCUT2D eigenvalue weighted by Crippen LogP contribution is 2.28. The Hall–Kier alpha value is -2.31. The zero-order chi connectivity index (χ0) is 17.3. The standard InChI is InChI=1S/C17H19F3N4/c1-12-3-4-13(2)14(11-12)23-7-9-24(10-8-23)16-6-5-15(21-22-16)17(18,19)20/h3-6,11H,7-10H2,1-2H3. The van der Waals surface area contributed by atoms with Crippen molar-refractivity contribution in [3.8, 4) is 0 Å². The predicted octanol–water partition coefficient (Wildman–Crippen LogP) is 3.44. The summed E-state index contributed by atoms with van der Waals surface area (Å²) < 4.78 is 37.6. The number of halogens is 3. The molecule has 1 aromatic carbocycles. The van der Waals surface area contributed by atoms with E-state index in [1.165, 1.54) is 22.9 Å². The van der Waals surface area contributed by atoms with Gasteiger partial charge >= 0.3 is 6.18 Å². The van der Waals surface area contributed by atoms with Crippen LogP contribution in [0.4, 0.5) is 24.7 Å². The molecule has 1 aromatic heterocycles. The maximum absolute atomic E-state index is 12.5. The van der Waals surface area contributed by atoms with E-state index in [0.717, 1.165) is 19.2 Å². The third-order valence-electron chi connectivity index (χ3n) is 4.25. The number of nitrogens with zero attached hydrogens (tertiary/aromatic N) is 4. The Kier molecular flexibility index (Phi) is 4.34. The van der Waals surface area contributed by atoms with Crippen molar-refractivity contribution in [3.63, 3.8) is 0 Å². The molecule has 0 bridgehead atoms. The summed E-state index contributed by atoms with van der Waals surface area (Å²) in [7, 11) is 0. The van der Waals surface area contributed by atoms with Crippen LogP contribution in [0.3, 0.4) is 0 Å². The molecule has 7 heteroatoms. The van der Waals surface area contributed by atoms with E-state index >= 15 is 0 Å². The number of hydrogen-bond donors (Lipinski definition) is 0. The second-order valence-corrected chi connectivity index (χ2v) is 6.04. The molecule has 1 aliphatic heterocycles. The fourth-order valence-corrected chi connectivity index (χ4v) is 2.88. The maximum atomic E-state index is 12.5. The van der Waals surface area contributed by atoms with Gasteiger partial charge in [0.1, 0.15) is 0 Å². The molecule has 2 aromatic rings. The molecule has 1 saturated heterocycles. The van der Waals surface area contributed by atoms with Crippen molar-refractivity contribution in [2.45, 2.75) is 20.0 Å². The minimum Gasteiger partial charge on any atom is -0.368 e. The maximum Gasteiger partial charge on any atom is 0.435 e. The lowest BCUT2D eigenvalue weighted by Gasteiger charge is -2.37. The van der Waals surface area contributed by atoms with E-state index in [-0.39, 0.29) is 0 Å². The van der Waals surface area contributed by atoms with Crippen molar-refractivity contribution >= 4 is 11.5 Å². The van der Waals surface area contributed by atoms with Crippen LogP contribution in [-0.4, -0.2) is 36.4 Å². The van der Waals surface area contributed by atoms with Gasteiger partial charge in [-0.1, -0.05) is 12.1 Å². The largest absolute Gasteiger partial charge is 0.435 e. The summed E-state index contributed by atoms with van der Waals surface area (Å²) in [4.78, 5) is 4.27. The van der Waals surface area contributed by atoms with E-state index in [0.29, 0.717) is 18.9 Å². The number of anilines is 2. The minimum absolute atomic E-state index is 0.489. The number of benzene rings is 1. The molecule has 0 atom stereocenters. The molecule has 1 aliphatic rings. The first-order chi connectivity index (χ1) is 11.3. The van der Waals surface area contributed by atoms with E-state index in [2.05, 4.69) is 47.1 Å². The van der Waals surface area contributed by atoms with E-state index < -0.39 is 11.9 Å². The number of aromatic nitrogens is 2. The summed E-state index contributed by atoms with van der Waals surface area (Å²) in [5.74, 6) is 0.489. The van der Waals surface area contributed by atoms with Crippen molar-refractivity contribution < 1.29 is 13.2 Å². The molecule has 0 radical (unpaired) electrons. The van der Waals surface area contributed by atoms with E-state index in [4.69, 9.17) is 0 Å². The van der Waals surface area contributed by atoms with Gasteiger partial charge in [0.25, 0.3) is 0 Å². The minimum atomic E-state index is -4.45. The lowest BCUT2D eigenvalue weighted by molar-refractivity contribution is -0.141. The quantitative estimate of drug-likeness (QED) is 0.841. The Labute approximate surface area is 138 Å². The Morgan fingerprint density at radius 1 is 0.875 bits per heavy atom. The van der Waals surface area contributed by atoms with Crippen LogP contribution in [0.15, 0.2) is 30.3 Å². The van der Waals surface area contributed by atoms with Crippen LogP contribution in [0.1, 0.15) is 16.8 Å². The molecule has 3 rings (SSSR count). The smallest absolute Gasteiger partial charge is 0.368 e. The Balaban J connectivity index is 1.68. The van der Waals surface area contributed by atoms with Gasteiger partial charge in [-0.2, -0.15) is 13.2 Å². The van der Waals surface area contributed by atoms with Crippen LogP contribution in [0.5, 0.6) is 0 Å². The molecular weight excluding hydrogens is 317 g/mol. The number of alkyl halides is 3. The number of aryl methyl sites for hydroxylation is 2. The summed E-state index contributed by atoms with van der Waals surface area (Å²) in [5.41, 5.74) is 2.70. The van der Waals surface area contributed by atoms with Crippen LogP contribution < -0.4 is 9.80 Å². The molecule has 0 aliphatic carbocycles. The van der Waals surface area contributed by atoms with Gasteiger partial charge in [0.2, 0.25) is 0 Å². The Morgan fingerprint density at radius 2 is 1.54 bits per heavy atom. The normalized spacial score (nSPS) is 15.7. The van der Waals surface area contributed by atoms with Crippen molar-refractivity contribution in [3.05, 3.63) is 47.2 Å². The molecule has 24 heavy (non-hydrogen) atoms. The highest BCUT2D eigenvalue weighted by atomic mass is 19.4. The molecule has 1 fully saturated rings. The fraction of sp³-hybridized carbons (Fsp3) is 0.412. The lowest BCUT2D eigenvalue weighted by atomic mass is 10.1. The third kappa shape index (κ3) is 3.44. The monoisotopic (exact) mass is 336 g/mol. The summed E-state index contributed by atoms with van der Waals surface area (Å²) in [6.07, 6.45) is -4.45. The first kappa shape index (κ1) is 16.5.